The summed E-state index contributed by atoms with van der Waals surface area (Å²) >= 11 is 1.38. The fourth-order valence-electron chi connectivity index (χ4n) is 1.87. The maximum absolute atomic E-state index is 11.8. The second-order valence-electron chi connectivity index (χ2n) is 4.62. The Morgan fingerprint density at radius 3 is 3.00 bits per heavy atom. The molecule has 5 nitrogen and oxygen atoms in total. The van der Waals surface area contributed by atoms with Crippen LogP contribution in [-0.4, -0.2) is 18.4 Å². The zero-order chi connectivity index (χ0) is 15.4. The maximum atomic E-state index is 11.8. The Balaban J connectivity index is 1.62. The van der Waals surface area contributed by atoms with Crippen LogP contribution in [0.15, 0.2) is 46.9 Å². The first kappa shape index (κ1) is 14.3. The number of hydrogen-bond donors (Lipinski definition) is 1. The Morgan fingerprint density at radius 2 is 2.18 bits per heavy atom. The lowest BCUT2D eigenvalue weighted by Gasteiger charge is -1.99. The molecule has 0 unspecified atom stereocenters. The Labute approximate surface area is 131 Å². The summed E-state index contributed by atoms with van der Waals surface area (Å²) in [5, 5.41) is 5.90. The van der Waals surface area contributed by atoms with Gasteiger partial charge in [-0.15, -0.1) is 11.3 Å². The Kier molecular flexibility index (Phi) is 4.20. The van der Waals surface area contributed by atoms with E-state index in [1.54, 1.807) is 6.07 Å². The first-order chi connectivity index (χ1) is 10.7. The van der Waals surface area contributed by atoms with E-state index in [4.69, 9.17) is 9.47 Å². The summed E-state index contributed by atoms with van der Waals surface area (Å²) in [6.45, 7) is 2.08. The molecule has 0 saturated carbocycles. The van der Waals surface area contributed by atoms with Crippen LogP contribution in [-0.2, 0) is 0 Å². The van der Waals surface area contributed by atoms with Gasteiger partial charge in [0.2, 0.25) is 6.79 Å². The summed E-state index contributed by atoms with van der Waals surface area (Å²) in [4.78, 5) is 12.4. The van der Waals surface area contributed by atoms with Crippen molar-refractivity contribution in [2.75, 3.05) is 6.79 Å². The number of carbonyl (C=O) groups is 1. The van der Waals surface area contributed by atoms with Gasteiger partial charge in [0.25, 0.3) is 5.91 Å². The molecular weight excluding hydrogens is 300 g/mol. The molecule has 0 radical (unpaired) electrons. The molecule has 0 saturated heterocycles. The third-order valence-electron chi connectivity index (χ3n) is 2.99. The number of allylic oxidation sites excluding steroid dienone is 1. The van der Waals surface area contributed by atoms with Gasteiger partial charge in [-0.3, -0.25) is 4.79 Å². The first-order valence-electron chi connectivity index (χ1n) is 6.68. The molecule has 112 valence electrons. The van der Waals surface area contributed by atoms with Gasteiger partial charge in [0.05, 0.1) is 10.6 Å². The summed E-state index contributed by atoms with van der Waals surface area (Å²) in [5.74, 6) is 1.29. The molecule has 0 spiro atoms. The van der Waals surface area contributed by atoms with Crippen LogP contribution in [0, 0.1) is 0 Å². The van der Waals surface area contributed by atoms with E-state index >= 15 is 0 Å². The SMILES string of the molecule is CC(/C=C/c1ccc2c(c1)OCO2)=N/NC(=O)c1cccs1. The van der Waals surface area contributed by atoms with Crippen LogP contribution in [0.4, 0.5) is 0 Å². The number of hydrogen-bond acceptors (Lipinski definition) is 5. The highest BCUT2D eigenvalue weighted by molar-refractivity contribution is 7.12. The fraction of sp³-hybridized carbons (Fsp3) is 0.125. The molecule has 1 amide bonds. The molecule has 0 aliphatic carbocycles. The Hall–Kier alpha value is -2.60. The average Bonchev–Trinajstić information content (AvgIpc) is 3.20. The van der Waals surface area contributed by atoms with E-state index in [1.807, 2.05) is 48.7 Å². The fourth-order valence-corrected chi connectivity index (χ4v) is 2.49. The molecule has 22 heavy (non-hydrogen) atoms. The van der Waals surface area contributed by atoms with Crippen molar-refractivity contribution >= 4 is 29.0 Å². The van der Waals surface area contributed by atoms with Crippen molar-refractivity contribution in [3.8, 4) is 11.5 Å². The Bertz CT molecular complexity index is 736. The van der Waals surface area contributed by atoms with Crippen molar-refractivity contribution < 1.29 is 14.3 Å². The van der Waals surface area contributed by atoms with Gasteiger partial charge in [0.1, 0.15) is 0 Å². The predicted octanol–water partition coefficient (Wildman–Crippen LogP) is 3.30. The van der Waals surface area contributed by atoms with Crippen LogP contribution in [0.1, 0.15) is 22.2 Å². The lowest BCUT2D eigenvalue weighted by atomic mass is 10.2. The second kappa shape index (κ2) is 6.44. The van der Waals surface area contributed by atoms with Crippen LogP contribution in [0.2, 0.25) is 0 Å². The van der Waals surface area contributed by atoms with E-state index in [0.717, 1.165) is 17.1 Å². The lowest BCUT2D eigenvalue weighted by molar-refractivity contribution is 0.0959. The summed E-state index contributed by atoms with van der Waals surface area (Å²) < 4.78 is 10.6. The molecule has 1 aliphatic heterocycles. The highest BCUT2D eigenvalue weighted by Gasteiger charge is 2.12. The van der Waals surface area contributed by atoms with Gasteiger partial charge in [-0.2, -0.15) is 5.10 Å². The summed E-state index contributed by atoms with van der Waals surface area (Å²) in [5.41, 5.74) is 4.20. The van der Waals surface area contributed by atoms with Crippen molar-refractivity contribution in [1.82, 2.24) is 5.43 Å². The molecule has 1 aromatic carbocycles. The van der Waals surface area contributed by atoms with Crippen LogP contribution in [0.3, 0.4) is 0 Å². The maximum Gasteiger partial charge on any atom is 0.281 e. The molecular formula is C16H14N2O3S. The van der Waals surface area contributed by atoms with Gasteiger partial charge >= 0.3 is 0 Å². The first-order valence-corrected chi connectivity index (χ1v) is 7.56. The predicted molar refractivity (Wildman–Crippen MR) is 86.5 cm³/mol. The lowest BCUT2D eigenvalue weighted by Crippen LogP contribution is -2.17. The zero-order valence-corrected chi connectivity index (χ0v) is 12.7. The molecule has 2 aromatic rings. The number of amides is 1. The Morgan fingerprint density at radius 1 is 1.32 bits per heavy atom. The molecule has 3 rings (SSSR count). The van der Waals surface area contributed by atoms with Gasteiger partial charge < -0.3 is 9.47 Å². The summed E-state index contributed by atoms with van der Waals surface area (Å²) in [7, 11) is 0. The number of thiophene rings is 1. The topological polar surface area (TPSA) is 59.9 Å². The third kappa shape index (κ3) is 3.35. The van der Waals surface area contributed by atoms with Crippen LogP contribution < -0.4 is 14.9 Å². The number of carbonyl (C=O) groups excluding carboxylic acids is 1. The van der Waals surface area contributed by atoms with Gasteiger partial charge in [0.15, 0.2) is 11.5 Å². The number of rotatable bonds is 4. The number of ether oxygens (including phenoxy) is 2. The number of fused-ring (bicyclic) bond motifs is 1. The van der Waals surface area contributed by atoms with Crippen molar-refractivity contribution in [3.05, 3.63) is 52.2 Å². The third-order valence-corrected chi connectivity index (χ3v) is 3.86. The number of hydrazone groups is 1. The number of nitrogens with zero attached hydrogens (tertiary/aromatic N) is 1. The summed E-state index contributed by atoms with van der Waals surface area (Å²) in [6.07, 6.45) is 3.73. The van der Waals surface area contributed by atoms with E-state index < -0.39 is 0 Å². The quantitative estimate of drug-likeness (QED) is 0.696. The minimum Gasteiger partial charge on any atom is -0.454 e. The molecule has 0 fully saturated rings. The molecule has 0 bridgehead atoms. The molecule has 1 aliphatic rings. The van der Waals surface area contributed by atoms with Gasteiger partial charge in [-0.05, 0) is 42.1 Å². The highest BCUT2D eigenvalue weighted by Crippen LogP contribution is 2.32. The molecule has 6 heteroatoms. The molecule has 2 heterocycles. The van der Waals surface area contributed by atoms with E-state index in [0.29, 0.717) is 10.6 Å². The highest BCUT2D eigenvalue weighted by atomic mass is 32.1. The minimum absolute atomic E-state index is 0.203. The average molecular weight is 314 g/mol. The second-order valence-corrected chi connectivity index (χ2v) is 5.57. The van der Waals surface area contributed by atoms with E-state index in [2.05, 4.69) is 10.5 Å². The monoisotopic (exact) mass is 314 g/mol. The van der Waals surface area contributed by atoms with Crippen molar-refractivity contribution in [2.24, 2.45) is 5.10 Å². The molecule has 1 N–H and O–H groups in total. The van der Waals surface area contributed by atoms with Crippen molar-refractivity contribution in [2.45, 2.75) is 6.92 Å². The number of benzene rings is 1. The van der Waals surface area contributed by atoms with Gasteiger partial charge in [0, 0.05) is 0 Å². The van der Waals surface area contributed by atoms with Gasteiger partial charge in [-0.25, -0.2) is 5.43 Å². The minimum atomic E-state index is -0.203. The molecule has 0 atom stereocenters. The van der Waals surface area contributed by atoms with Gasteiger partial charge in [-0.1, -0.05) is 18.2 Å². The summed E-state index contributed by atoms with van der Waals surface area (Å²) in [6, 6.07) is 9.29. The van der Waals surface area contributed by atoms with E-state index in [9.17, 15) is 4.79 Å². The van der Waals surface area contributed by atoms with Crippen molar-refractivity contribution in [3.63, 3.8) is 0 Å². The van der Waals surface area contributed by atoms with Crippen LogP contribution >= 0.6 is 11.3 Å². The normalized spacial score (nSPS) is 13.6. The van der Waals surface area contributed by atoms with E-state index in [-0.39, 0.29) is 12.7 Å². The van der Waals surface area contributed by atoms with Crippen LogP contribution in [0.5, 0.6) is 11.5 Å². The standard InChI is InChI=1S/C16H14N2O3S/c1-11(17-18-16(19)15-3-2-8-22-15)4-5-12-6-7-13-14(9-12)21-10-20-13/h2-9H,10H2,1H3,(H,18,19)/b5-4+,17-11-. The molecule has 1 aromatic heterocycles. The largest absolute Gasteiger partial charge is 0.454 e. The number of nitrogens with one attached hydrogen (secondary N) is 1. The van der Waals surface area contributed by atoms with Crippen molar-refractivity contribution in [1.29, 1.82) is 0 Å². The smallest absolute Gasteiger partial charge is 0.281 e. The zero-order valence-electron chi connectivity index (χ0n) is 11.9. The van der Waals surface area contributed by atoms with E-state index in [1.165, 1.54) is 11.3 Å². The van der Waals surface area contributed by atoms with Crippen LogP contribution in [0.25, 0.3) is 6.08 Å².